The summed E-state index contributed by atoms with van der Waals surface area (Å²) in [5.41, 5.74) is 2.72. The number of thiazole rings is 1. The van der Waals surface area contributed by atoms with Crippen molar-refractivity contribution >= 4 is 39.4 Å². The number of carbonyl (C=O) groups is 2. The average Bonchev–Trinajstić information content (AvgIpc) is 3.34. The molecule has 2 aromatic heterocycles. The van der Waals surface area contributed by atoms with Crippen LogP contribution >= 0.6 is 11.3 Å². The second-order valence-corrected chi connectivity index (χ2v) is 7.99. The minimum atomic E-state index is -0.993. The highest BCUT2D eigenvalue weighted by Crippen LogP contribution is 2.33. The Morgan fingerprint density at radius 1 is 1.06 bits per heavy atom. The number of methoxy groups -OCH3 is 2. The van der Waals surface area contributed by atoms with Crippen molar-refractivity contribution in [1.82, 2.24) is 15.0 Å². The molecule has 0 fully saturated rings. The predicted molar refractivity (Wildman–Crippen MR) is 128 cm³/mol. The summed E-state index contributed by atoms with van der Waals surface area (Å²) in [5.74, 6) is 0.0862. The number of anilines is 1. The maximum Gasteiger partial charge on any atom is 0.341 e. The quantitative estimate of drug-likeness (QED) is 0.372. The molecule has 9 nitrogen and oxygen atoms in total. The van der Waals surface area contributed by atoms with Crippen molar-refractivity contribution in [3.63, 3.8) is 0 Å². The van der Waals surface area contributed by atoms with E-state index in [0.29, 0.717) is 39.8 Å². The van der Waals surface area contributed by atoms with Gasteiger partial charge in [-0.05, 0) is 36.8 Å². The minimum absolute atomic E-state index is 0.252. The van der Waals surface area contributed by atoms with Gasteiger partial charge in [0, 0.05) is 23.3 Å². The number of carbonyl (C=O) groups excluding carboxylic acids is 2. The van der Waals surface area contributed by atoms with E-state index in [1.165, 1.54) is 17.5 Å². The summed E-state index contributed by atoms with van der Waals surface area (Å²) in [7, 11) is 3.13. The lowest BCUT2D eigenvalue weighted by molar-refractivity contribution is -0.124. The number of fused-ring (bicyclic) bond motifs is 1. The molecule has 10 heteroatoms. The second kappa shape index (κ2) is 10.3. The highest BCUT2D eigenvalue weighted by Gasteiger charge is 2.24. The van der Waals surface area contributed by atoms with E-state index in [1.807, 2.05) is 17.5 Å². The normalized spacial score (nSPS) is 11.6. The van der Waals surface area contributed by atoms with Gasteiger partial charge in [-0.25, -0.2) is 9.78 Å². The van der Waals surface area contributed by atoms with Crippen LogP contribution in [-0.4, -0.2) is 47.2 Å². The third kappa shape index (κ3) is 4.81. The van der Waals surface area contributed by atoms with Gasteiger partial charge in [0.05, 0.1) is 31.0 Å². The Labute approximate surface area is 199 Å². The molecule has 4 aromatic rings. The van der Waals surface area contributed by atoms with Gasteiger partial charge in [-0.2, -0.15) is 0 Å². The molecule has 0 aliphatic rings. The summed E-state index contributed by atoms with van der Waals surface area (Å²) in [6.07, 6.45) is 2.35. The SMILES string of the molecule is CCC(OC(=O)c1cccc2nccnc12)C(=O)Nc1nc(-c2ccc(OC)c(OC)c2)cs1. The van der Waals surface area contributed by atoms with Crippen LogP contribution in [0.2, 0.25) is 0 Å². The molecule has 174 valence electrons. The number of para-hydroxylation sites is 1. The Kier molecular flexibility index (Phi) is 6.98. The van der Waals surface area contributed by atoms with Crippen molar-refractivity contribution in [2.75, 3.05) is 19.5 Å². The van der Waals surface area contributed by atoms with Crippen LogP contribution in [0.25, 0.3) is 22.3 Å². The standard InChI is InChI=1S/C24H22N4O5S/c1-4-18(33-23(30)15-6-5-7-16-21(15)26-11-10-25-16)22(29)28-24-27-17(13-34-24)14-8-9-19(31-2)20(12-14)32-3/h5-13,18H,4H2,1-3H3,(H,27,28,29). The van der Waals surface area contributed by atoms with Gasteiger partial charge in [0.2, 0.25) is 0 Å². The molecule has 2 heterocycles. The summed E-state index contributed by atoms with van der Waals surface area (Å²) >= 11 is 1.27. The van der Waals surface area contributed by atoms with E-state index in [0.717, 1.165) is 5.56 Å². The van der Waals surface area contributed by atoms with E-state index >= 15 is 0 Å². The van der Waals surface area contributed by atoms with Crippen molar-refractivity contribution in [2.45, 2.75) is 19.4 Å². The number of benzene rings is 2. The lowest BCUT2D eigenvalue weighted by atomic mass is 10.1. The largest absolute Gasteiger partial charge is 0.493 e. The smallest absolute Gasteiger partial charge is 0.341 e. The molecule has 0 bridgehead atoms. The van der Waals surface area contributed by atoms with Crippen LogP contribution < -0.4 is 14.8 Å². The summed E-state index contributed by atoms with van der Waals surface area (Å²) in [5, 5.41) is 4.94. The number of rotatable bonds is 8. The molecular weight excluding hydrogens is 456 g/mol. The average molecular weight is 479 g/mol. The van der Waals surface area contributed by atoms with E-state index < -0.39 is 18.0 Å². The van der Waals surface area contributed by atoms with E-state index in [-0.39, 0.29) is 5.56 Å². The number of amides is 1. The van der Waals surface area contributed by atoms with Gasteiger partial charge in [-0.15, -0.1) is 11.3 Å². The predicted octanol–water partition coefficient (Wildman–Crippen LogP) is 4.34. The summed E-state index contributed by atoms with van der Waals surface area (Å²) in [4.78, 5) is 38.5. The van der Waals surface area contributed by atoms with E-state index in [9.17, 15) is 9.59 Å². The molecule has 2 aromatic carbocycles. The number of ether oxygens (including phenoxy) is 3. The van der Waals surface area contributed by atoms with Crippen LogP contribution in [-0.2, 0) is 9.53 Å². The Balaban J connectivity index is 1.47. The van der Waals surface area contributed by atoms with E-state index in [4.69, 9.17) is 14.2 Å². The number of nitrogens with one attached hydrogen (secondary N) is 1. The first kappa shape index (κ1) is 23.1. The number of esters is 1. The van der Waals surface area contributed by atoms with Crippen LogP contribution in [0.1, 0.15) is 23.7 Å². The molecule has 1 unspecified atom stereocenters. The van der Waals surface area contributed by atoms with Gasteiger partial charge in [0.1, 0.15) is 5.52 Å². The first-order chi connectivity index (χ1) is 16.5. The third-order valence-corrected chi connectivity index (χ3v) is 5.80. The maximum atomic E-state index is 12.8. The second-order valence-electron chi connectivity index (χ2n) is 7.13. The molecule has 1 amide bonds. The molecule has 1 N–H and O–H groups in total. The molecule has 4 rings (SSSR count). The molecule has 34 heavy (non-hydrogen) atoms. The Morgan fingerprint density at radius 3 is 2.62 bits per heavy atom. The zero-order chi connectivity index (χ0) is 24.1. The molecule has 1 atom stereocenters. The van der Waals surface area contributed by atoms with Gasteiger partial charge in [-0.3, -0.25) is 20.1 Å². The highest BCUT2D eigenvalue weighted by molar-refractivity contribution is 7.14. The topological polar surface area (TPSA) is 113 Å². The Morgan fingerprint density at radius 2 is 1.85 bits per heavy atom. The zero-order valence-corrected chi connectivity index (χ0v) is 19.6. The van der Waals surface area contributed by atoms with Crippen LogP contribution in [0.15, 0.2) is 54.2 Å². The van der Waals surface area contributed by atoms with Crippen molar-refractivity contribution in [3.8, 4) is 22.8 Å². The van der Waals surface area contributed by atoms with Crippen LogP contribution in [0.4, 0.5) is 5.13 Å². The number of hydrogen-bond acceptors (Lipinski definition) is 9. The third-order valence-electron chi connectivity index (χ3n) is 5.04. The molecular formula is C24H22N4O5S. The lowest BCUT2D eigenvalue weighted by Gasteiger charge is -2.15. The first-order valence-corrected chi connectivity index (χ1v) is 11.3. The van der Waals surface area contributed by atoms with Crippen molar-refractivity contribution in [3.05, 3.63) is 59.7 Å². The minimum Gasteiger partial charge on any atom is -0.493 e. The number of aromatic nitrogens is 3. The molecule has 0 saturated heterocycles. The van der Waals surface area contributed by atoms with Gasteiger partial charge >= 0.3 is 5.97 Å². The maximum absolute atomic E-state index is 12.8. The molecule has 0 spiro atoms. The first-order valence-electron chi connectivity index (χ1n) is 10.4. The summed E-state index contributed by atoms with van der Waals surface area (Å²) < 4.78 is 16.1. The van der Waals surface area contributed by atoms with E-state index in [2.05, 4.69) is 20.3 Å². The highest BCUT2D eigenvalue weighted by atomic mass is 32.1. The van der Waals surface area contributed by atoms with E-state index in [1.54, 1.807) is 51.6 Å². The van der Waals surface area contributed by atoms with Crippen LogP contribution in [0.5, 0.6) is 11.5 Å². The zero-order valence-electron chi connectivity index (χ0n) is 18.8. The van der Waals surface area contributed by atoms with Crippen molar-refractivity contribution in [1.29, 1.82) is 0 Å². The monoisotopic (exact) mass is 478 g/mol. The fourth-order valence-electron chi connectivity index (χ4n) is 3.32. The fraction of sp³-hybridized carbons (Fsp3) is 0.208. The Hall–Kier alpha value is -4.05. The lowest BCUT2D eigenvalue weighted by Crippen LogP contribution is -2.32. The molecule has 0 aliphatic heterocycles. The fourth-order valence-corrected chi connectivity index (χ4v) is 4.04. The van der Waals surface area contributed by atoms with Gasteiger partial charge < -0.3 is 14.2 Å². The van der Waals surface area contributed by atoms with Crippen molar-refractivity contribution < 1.29 is 23.8 Å². The van der Waals surface area contributed by atoms with Crippen molar-refractivity contribution in [2.24, 2.45) is 0 Å². The Bertz CT molecular complexity index is 1330. The van der Waals surface area contributed by atoms with Gasteiger partial charge in [-0.1, -0.05) is 13.0 Å². The van der Waals surface area contributed by atoms with Gasteiger partial charge in [0.15, 0.2) is 22.7 Å². The number of nitrogens with zero attached hydrogens (tertiary/aromatic N) is 3. The molecule has 0 saturated carbocycles. The summed E-state index contributed by atoms with van der Waals surface area (Å²) in [6, 6.07) is 10.5. The summed E-state index contributed by atoms with van der Waals surface area (Å²) in [6.45, 7) is 1.76. The number of hydrogen-bond donors (Lipinski definition) is 1. The molecule has 0 radical (unpaired) electrons. The molecule has 0 aliphatic carbocycles. The van der Waals surface area contributed by atoms with Crippen LogP contribution in [0, 0.1) is 0 Å². The van der Waals surface area contributed by atoms with Gasteiger partial charge in [0.25, 0.3) is 5.91 Å². The van der Waals surface area contributed by atoms with Crippen LogP contribution in [0.3, 0.4) is 0 Å².